The first-order valence-corrected chi connectivity index (χ1v) is 5.63. The van der Waals surface area contributed by atoms with Crippen molar-refractivity contribution in [3.8, 4) is 0 Å². The maximum absolute atomic E-state index is 5.55. The topological polar surface area (TPSA) is 9.23 Å². The molecule has 1 nitrogen and oxygen atoms in total. The maximum atomic E-state index is 5.55. The second-order valence-electron chi connectivity index (χ2n) is 4.76. The SMILES string of the molecule is CC1=CC(C)(c2ccc(C)cc2)C=C(C)O1. The van der Waals surface area contributed by atoms with E-state index in [4.69, 9.17) is 4.74 Å². The molecule has 0 radical (unpaired) electrons. The van der Waals surface area contributed by atoms with Gasteiger partial charge in [0.1, 0.15) is 0 Å². The Morgan fingerprint density at radius 2 is 1.38 bits per heavy atom. The Balaban J connectivity index is 2.45. The molecular weight excluding hydrogens is 196 g/mol. The molecule has 84 valence electrons. The molecule has 16 heavy (non-hydrogen) atoms. The van der Waals surface area contributed by atoms with Crippen molar-refractivity contribution in [2.45, 2.75) is 33.1 Å². The molecule has 0 saturated heterocycles. The van der Waals surface area contributed by atoms with Crippen molar-refractivity contribution in [1.82, 2.24) is 0 Å². The van der Waals surface area contributed by atoms with Crippen LogP contribution in [0.1, 0.15) is 31.9 Å². The number of ether oxygens (including phenoxy) is 1. The van der Waals surface area contributed by atoms with E-state index in [1.807, 2.05) is 13.8 Å². The normalized spacial score (nSPS) is 18.5. The van der Waals surface area contributed by atoms with Gasteiger partial charge in [0.2, 0.25) is 0 Å². The molecule has 0 spiro atoms. The number of aryl methyl sites for hydroxylation is 1. The molecule has 2 rings (SSSR count). The van der Waals surface area contributed by atoms with E-state index in [-0.39, 0.29) is 5.41 Å². The van der Waals surface area contributed by atoms with Crippen molar-refractivity contribution >= 4 is 0 Å². The molecule has 1 aromatic rings. The van der Waals surface area contributed by atoms with E-state index < -0.39 is 0 Å². The van der Waals surface area contributed by atoms with Crippen LogP contribution in [0.25, 0.3) is 0 Å². The van der Waals surface area contributed by atoms with E-state index in [0.29, 0.717) is 0 Å². The van der Waals surface area contributed by atoms with Gasteiger partial charge in [-0.1, -0.05) is 29.8 Å². The van der Waals surface area contributed by atoms with Crippen LogP contribution in [0.5, 0.6) is 0 Å². The predicted octanol–water partition coefficient (Wildman–Crippen LogP) is 4.09. The zero-order valence-corrected chi connectivity index (χ0v) is 10.4. The highest BCUT2D eigenvalue weighted by Crippen LogP contribution is 2.33. The van der Waals surface area contributed by atoms with Crippen molar-refractivity contribution in [2.24, 2.45) is 0 Å². The average molecular weight is 214 g/mol. The lowest BCUT2D eigenvalue weighted by Gasteiger charge is -2.28. The first kappa shape index (κ1) is 11.0. The summed E-state index contributed by atoms with van der Waals surface area (Å²) in [6.45, 7) is 8.33. The van der Waals surface area contributed by atoms with Gasteiger partial charge < -0.3 is 4.74 Å². The summed E-state index contributed by atoms with van der Waals surface area (Å²) < 4.78 is 5.55. The van der Waals surface area contributed by atoms with E-state index in [2.05, 4.69) is 50.3 Å². The second-order valence-corrected chi connectivity index (χ2v) is 4.76. The number of benzene rings is 1. The van der Waals surface area contributed by atoms with Crippen LogP contribution in [-0.2, 0) is 10.2 Å². The minimum absolute atomic E-state index is 0.0416. The zero-order chi connectivity index (χ0) is 11.8. The molecule has 1 aliphatic rings. The second kappa shape index (κ2) is 3.82. The van der Waals surface area contributed by atoms with Crippen LogP contribution in [0, 0.1) is 6.92 Å². The Labute approximate surface area is 97.4 Å². The van der Waals surface area contributed by atoms with Crippen LogP contribution in [0.15, 0.2) is 47.9 Å². The van der Waals surface area contributed by atoms with Crippen LogP contribution in [-0.4, -0.2) is 0 Å². The number of hydrogen-bond donors (Lipinski definition) is 0. The fourth-order valence-electron chi connectivity index (χ4n) is 2.28. The fourth-order valence-corrected chi connectivity index (χ4v) is 2.28. The standard InChI is InChI=1S/C15H18O/c1-11-5-7-14(8-6-11)15(4)9-12(2)16-13(3)10-15/h5-10H,1-4H3. The third kappa shape index (κ3) is 2.04. The summed E-state index contributed by atoms with van der Waals surface area (Å²) in [6.07, 6.45) is 4.34. The smallest absolute Gasteiger partial charge is 0.0977 e. The molecule has 0 saturated carbocycles. The highest BCUT2D eigenvalue weighted by molar-refractivity contribution is 5.39. The summed E-state index contributed by atoms with van der Waals surface area (Å²) in [7, 11) is 0. The van der Waals surface area contributed by atoms with Gasteiger partial charge in [-0.25, -0.2) is 0 Å². The Kier molecular flexibility index (Phi) is 2.63. The van der Waals surface area contributed by atoms with E-state index in [0.717, 1.165) is 11.5 Å². The monoisotopic (exact) mass is 214 g/mol. The number of allylic oxidation sites excluding steroid dienone is 4. The third-order valence-corrected chi connectivity index (χ3v) is 3.00. The van der Waals surface area contributed by atoms with Gasteiger partial charge in [0.05, 0.1) is 11.5 Å². The summed E-state index contributed by atoms with van der Waals surface area (Å²) >= 11 is 0. The molecule has 0 aromatic heterocycles. The van der Waals surface area contributed by atoms with Gasteiger partial charge >= 0.3 is 0 Å². The van der Waals surface area contributed by atoms with Gasteiger partial charge in [-0.15, -0.1) is 0 Å². The van der Waals surface area contributed by atoms with E-state index in [1.54, 1.807) is 0 Å². The van der Waals surface area contributed by atoms with Crippen molar-refractivity contribution in [2.75, 3.05) is 0 Å². The molecule has 0 atom stereocenters. The molecule has 1 heterocycles. The highest BCUT2D eigenvalue weighted by Gasteiger charge is 2.25. The van der Waals surface area contributed by atoms with Crippen LogP contribution in [0.2, 0.25) is 0 Å². The highest BCUT2D eigenvalue weighted by atomic mass is 16.5. The molecule has 0 amide bonds. The Morgan fingerprint density at radius 3 is 1.88 bits per heavy atom. The minimum atomic E-state index is -0.0416. The van der Waals surface area contributed by atoms with Gasteiger partial charge in [0.25, 0.3) is 0 Å². The summed E-state index contributed by atoms with van der Waals surface area (Å²) in [6, 6.07) is 8.69. The fraction of sp³-hybridized carbons (Fsp3) is 0.333. The Morgan fingerprint density at radius 1 is 0.875 bits per heavy atom. The summed E-state index contributed by atoms with van der Waals surface area (Å²) in [5, 5.41) is 0. The Bertz CT molecular complexity index is 431. The van der Waals surface area contributed by atoms with Gasteiger partial charge in [-0.2, -0.15) is 0 Å². The molecule has 0 aliphatic carbocycles. The van der Waals surface area contributed by atoms with Gasteiger partial charge in [0.15, 0.2) is 0 Å². The molecule has 1 aromatic carbocycles. The average Bonchev–Trinajstić information content (AvgIpc) is 2.16. The van der Waals surface area contributed by atoms with Crippen molar-refractivity contribution in [3.63, 3.8) is 0 Å². The summed E-state index contributed by atoms with van der Waals surface area (Å²) in [5.74, 6) is 1.95. The molecule has 0 bridgehead atoms. The van der Waals surface area contributed by atoms with Crippen LogP contribution < -0.4 is 0 Å². The van der Waals surface area contributed by atoms with Crippen molar-refractivity contribution in [1.29, 1.82) is 0 Å². The van der Waals surface area contributed by atoms with E-state index in [1.165, 1.54) is 11.1 Å². The largest absolute Gasteiger partial charge is 0.467 e. The quantitative estimate of drug-likeness (QED) is 0.684. The molecule has 0 fully saturated rings. The van der Waals surface area contributed by atoms with Crippen molar-refractivity contribution < 1.29 is 4.74 Å². The third-order valence-electron chi connectivity index (χ3n) is 3.00. The van der Waals surface area contributed by atoms with Crippen LogP contribution in [0.4, 0.5) is 0 Å². The number of rotatable bonds is 1. The van der Waals surface area contributed by atoms with Gasteiger partial charge in [-0.05, 0) is 45.4 Å². The predicted molar refractivity (Wildman–Crippen MR) is 67.1 cm³/mol. The molecule has 1 heteroatoms. The lowest BCUT2D eigenvalue weighted by Crippen LogP contribution is -2.20. The Hall–Kier alpha value is -1.50. The molecule has 1 aliphatic heterocycles. The van der Waals surface area contributed by atoms with E-state index >= 15 is 0 Å². The van der Waals surface area contributed by atoms with Gasteiger partial charge in [-0.3, -0.25) is 0 Å². The van der Waals surface area contributed by atoms with E-state index in [9.17, 15) is 0 Å². The lowest BCUT2D eigenvalue weighted by molar-refractivity contribution is 0.288. The zero-order valence-electron chi connectivity index (χ0n) is 10.4. The number of hydrogen-bond acceptors (Lipinski definition) is 1. The maximum Gasteiger partial charge on any atom is 0.0977 e. The van der Waals surface area contributed by atoms with Crippen molar-refractivity contribution in [3.05, 3.63) is 59.1 Å². The van der Waals surface area contributed by atoms with Crippen LogP contribution >= 0.6 is 0 Å². The molecular formula is C15H18O. The first-order valence-electron chi connectivity index (χ1n) is 5.63. The van der Waals surface area contributed by atoms with Gasteiger partial charge in [0, 0.05) is 5.41 Å². The first-order chi connectivity index (χ1) is 7.49. The molecule has 0 unspecified atom stereocenters. The van der Waals surface area contributed by atoms with Crippen LogP contribution in [0.3, 0.4) is 0 Å². The molecule has 0 N–H and O–H groups in total. The summed E-state index contributed by atoms with van der Waals surface area (Å²) in [5.41, 5.74) is 2.56. The summed E-state index contributed by atoms with van der Waals surface area (Å²) in [4.78, 5) is 0. The lowest BCUT2D eigenvalue weighted by atomic mass is 9.80. The minimum Gasteiger partial charge on any atom is -0.467 e.